The van der Waals surface area contributed by atoms with Crippen molar-refractivity contribution in [2.75, 3.05) is 13.6 Å². The molecule has 21 heavy (non-hydrogen) atoms. The van der Waals surface area contributed by atoms with Gasteiger partial charge in [-0.25, -0.2) is 0 Å². The fourth-order valence-electron chi connectivity index (χ4n) is 2.67. The van der Waals surface area contributed by atoms with Gasteiger partial charge in [0.15, 0.2) is 0 Å². The van der Waals surface area contributed by atoms with Gasteiger partial charge in [-0.05, 0) is 40.1 Å². The summed E-state index contributed by atoms with van der Waals surface area (Å²) >= 11 is 0. The summed E-state index contributed by atoms with van der Waals surface area (Å²) in [7, 11) is 1.84. The molecular weight excluding hydrogens is 258 g/mol. The predicted molar refractivity (Wildman–Crippen MR) is 88.3 cm³/mol. The van der Waals surface area contributed by atoms with Gasteiger partial charge in [0.2, 0.25) is 5.91 Å². The molecule has 1 saturated heterocycles. The summed E-state index contributed by atoms with van der Waals surface area (Å²) in [4.78, 5) is 12.3. The van der Waals surface area contributed by atoms with Crippen LogP contribution in [-0.4, -0.2) is 24.4 Å². The minimum absolute atomic E-state index is 0.292. The van der Waals surface area contributed by atoms with Crippen LogP contribution in [0.4, 0.5) is 0 Å². The maximum atomic E-state index is 10.5. The highest BCUT2D eigenvalue weighted by molar-refractivity contribution is 5.98. The molecule has 0 bridgehead atoms. The van der Waals surface area contributed by atoms with Crippen LogP contribution in [0.5, 0.6) is 0 Å². The van der Waals surface area contributed by atoms with Gasteiger partial charge in [-0.1, -0.05) is 48.5 Å². The molecule has 0 aromatic heterocycles. The molecule has 0 N–H and O–H groups in total. The zero-order valence-corrected chi connectivity index (χ0v) is 12.3. The lowest BCUT2D eigenvalue weighted by Crippen LogP contribution is -2.17. The Kier molecular flexibility index (Phi) is 3.87. The van der Waals surface area contributed by atoms with Crippen LogP contribution in [0.1, 0.15) is 12.8 Å². The standard InChI is InChI=1S/C14H10.C5H9NO/c1-2-6-12-10-14-8-4-3-7-13(14)9-11(12)5-1;1-6-4-2-3-5(6)7/h1-10H;2-4H2,1H3. The van der Waals surface area contributed by atoms with E-state index in [1.165, 1.54) is 21.5 Å². The topological polar surface area (TPSA) is 20.3 Å². The third kappa shape index (κ3) is 3.05. The number of hydrogen-bond acceptors (Lipinski definition) is 1. The molecule has 106 valence electrons. The lowest BCUT2D eigenvalue weighted by molar-refractivity contribution is -0.126. The third-order valence-corrected chi connectivity index (χ3v) is 3.92. The van der Waals surface area contributed by atoms with Crippen LogP contribution in [0.25, 0.3) is 21.5 Å². The first-order chi connectivity index (χ1) is 10.2. The zero-order chi connectivity index (χ0) is 14.7. The number of carbonyl (C=O) groups excluding carboxylic acids is 1. The number of benzene rings is 3. The number of likely N-dealkylation sites (tertiary alicyclic amines) is 1. The molecule has 0 unspecified atom stereocenters. The minimum Gasteiger partial charge on any atom is -0.346 e. The van der Waals surface area contributed by atoms with E-state index in [4.69, 9.17) is 0 Å². The van der Waals surface area contributed by atoms with Crippen LogP contribution in [-0.2, 0) is 4.79 Å². The Hall–Kier alpha value is -2.35. The molecule has 0 saturated carbocycles. The molecule has 1 fully saturated rings. The smallest absolute Gasteiger partial charge is 0.222 e. The maximum Gasteiger partial charge on any atom is 0.222 e. The molecule has 0 radical (unpaired) electrons. The van der Waals surface area contributed by atoms with E-state index >= 15 is 0 Å². The van der Waals surface area contributed by atoms with Gasteiger partial charge < -0.3 is 4.90 Å². The van der Waals surface area contributed by atoms with E-state index in [1.54, 1.807) is 4.90 Å². The van der Waals surface area contributed by atoms with Gasteiger partial charge in [0.05, 0.1) is 0 Å². The van der Waals surface area contributed by atoms with Gasteiger partial charge in [0.25, 0.3) is 0 Å². The minimum atomic E-state index is 0.292. The Morgan fingerprint density at radius 2 is 1.24 bits per heavy atom. The second-order valence-electron chi connectivity index (χ2n) is 5.47. The van der Waals surface area contributed by atoms with Gasteiger partial charge in [-0.15, -0.1) is 0 Å². The Labute approximate surface area is 125 Å². The summed E-state index contributed by atoms with van der Waals surface area (Å²) in [5.41, 5.74) is 0. The summed E-state index contributed by atoms with van der Waals surface area (Å²) in [6.45, 7) is 0.957. The van der Waals surface area contributed by atoms with Crippen molar-refractivity contribution < 1.29 is 4.79 Å². The van der Waals surface area contributed by atoms with Gasteiger partial charge in [-0.3, -0.25) is 4.79 Å². The van der Waals surface area contributed by atoms with E-state index in [-0.39, 0.29) is 0 Å². The second-order valence-corrected chi connectivity index (χ2v) is 5.47. The van der Waals surface area contributed by atoms with Crippen molar-refractivity contribution in [3.63, 3.8) is 0 Å². The lowest BCUT2D eigenvalue weighted by atomic mass is 10.0. The Bertz CT molecular complexity index is 673. The summed E-state index contributed by atoms with van der Waals surface area (Å²) in [5, 5.41) is 5.25. The van der Waals surface area contributed by atoms with Crippen LogP contribution in [0.2, 0.25) is 0 Å². The van der Waals surface area contributed by atoms with E-state index in [9.17, 15) is 4.79 Å². The number of carbonyl (C=O) groups is 1. The lowest BCUT2D eigenvalue weighted by Gasteiger charge is -2.03. The summed E-state index contributed by atoms with van der Waals surface area (Å²) < 4.78 is 0. The predicted octanol–water partition coefficient (Wildman–Crippen LogP) is 4.23. The highest BCUT2D eigenvalue weighted by Crippen LogP contribution is 2.21. The molecule has 1 amide bonds. The van der Waals surface area contributed by atoms with Crippen molar-refractivity contribution in [1.29, 1.82) is 0 Å². The number of rotatable bonds is 0. The van der Waals surface area contributed by atoms with Crippen molar-refractivity contribution >= 4 is 27.5 Å². The van der Waals surface area contributed by atoms with Crippen molar-refractivity contribution in [3.05, 3.63) is 60.7 Å². The molecule has 2 heteroatoms. The van der Waals surface area contributed by atoms with Crippen LogP contribution in [0.15, 0.2) is 60.7 Å². The monoisotopic (exact) mass is 277 g/mol. The Morgan fingerprint density at radius 1 is 0.810 bits per heavy atom. The van der Waals surface area contributed by atoms with Crippen LogP contribution in [0, 0.1) is 0 Å². The fourth-order valence-corrected chi connectivity index (χ4v) is 2.67. The van der Waals surface area contributed by atoms with Gasteiger partial charge in [0, 0.05) is 20.0 Å². The van der Waals surface area contributed by atoms with E-state index in [2.05, 4.69) is 60.7 Å². The molecule has 1 aliphatic heterocycles. The first-order valence-corrected chi connectivity index (χ1v) is 7.35. The molecule has 3 aromatic rings. The van der Waals surface area contributed by atoms with Crippen LogP contribution < -0.4 is 0 Å². The van der Waals surface area contributed by atoms with Gasteiger partial charge in [-0.2, -0.15) is 0 Å². The Balaban J connectivity index is 0.000000160. The van der Waals surface area contributed by atoms with Crippen molar-refractivity contribution in [2.24, 2.45) is 0 Å². The van der Waals surface area contributed by atoms with E-state index in [0.717, 1.165) is 19.4 Å². The molecule has 4 rings (SSSR count). The SMILES string of the molecule is CN1CCCC1=O.c1ccc2cc3ccccc3cc2c1. The molecule has 1 aliphatic rings. The maximum absolute atomic E-state index is 10.5. The number of fused-ring (bicyclic) bond motifs is 2. The van der Waals surface area contributed by atoms with Crippen molar-refractivity contribution in [1.82, 2.24) is 4.90 Å². The first-order valence-electron chi connectivity index (χ1n) is 7.35. The summed E-state index contributed by atoms with van der Waals surface area (Å²) in [5.74, 6) is 0.292. The first kappa shape index (κ1) is 13.6. The highest BCUT2D eigenvalue weighted by atomic mass is 16.2. The van der Waals surface area contributed by atoms with Crippen LogP contribution in [0.3, 0.4) is 0 Å². The van der Waals surface area contributed by atoms with E-state index < -0.39 is 0 Å². The van der Waals surface area contributed by atoms with E-state index in [1.807, 2.05) is 7.05 Å². The largest absolute Gasteiger partial charge is 0.346 e. The molecular formula is C19H19NO. The molecule has 0 atom stereocenters. The molecule has 1 heterocycles. The second kappa shape index (κ2) is 5.96. The zero-order valence-electron chi connectivity index (χ0n) is 12.3. The molecule has 0 spiro atoms. The van der Waals surface area contributed by atoms with Gasteiger partial charge >= 0.3 is 0 Å². The normalized spacial score (nSPS) is 14.3. The Morgan fingerprint density at radius 3 is 1.48 bits per heavy atom. The quantitative estimate of drug-likeness (QED) is 0.563. The average molecular weight is 277 g/mol. The number of nitrogens with zero attached hydrogens (tertiary/aromatic N) is 1. The van der Waals surface area contributed by atoms with Crippen molar-refractivity contribution in [3.8, 4) is 0 Å². The van der Waals surface area contributed by atoms with E-state index in [0.29, 0.717) is 5.91 Å². The summed E-state index contributed by atoms with van der Waals surface area (Å²) in [6, 6.07) is 21.4. The van der Waals surface area contributed by atoms with Crippen LogP contribution >= 0.6 is 0 Å². The van der Waals surface area contributed by atoms with Gasteiger partial charge in [0.1, 0.15) is 0 Å². The average Bonchev–Trinajstić information content (AvgIpc) is 2.89. The highest BCUT2D eigenvalue weighted by Gasteiger charge is 2.14. The number of hydrogen-bond donors (Lipinski definition) is 0. The molecule has 3 aromatic carbocycles. The fraction of sp³-hybridized carbons (Fsp3) is 0.211. The number of amides is 1. The van der Waals surface area contributed by atoms with Crippen molar-refractivity contribution in [2.45, 2.75) is 12.8 Å². The third-order valence-electron chi connectivity index (χ3n) is 3.92. The molecule has 2 nitrogen and oxygen atoms in total. The molecule has 0 aliphatic carbocycles. The summed E-state index contributed by atoms with van der Waals surface area (Å²) in [6.07, 6.45) is 1.81.